The molecule has 0 saturated heterocycles. The van der Waals surface area contributed by atoms with E-state index in [1.165, 1.54) is 5.56 Å². The van der Waals surface area contributed by atoms with Crippen LogP contribution in [0.4, 0.5) is 11.6 Å². The lowest BCUT2D eigenvalue weighted by Crippen LogP contribution is -2.23. The summed E-state index contributed by atoms with van der Waals surface area (Å²) in [6.45, 7) is 3.62. The lowest BCUT2D eigenvalue weighted by atomic mass is 10.2. The number of benzene rings is 2. The number of anilines is 2. The van der Waals surface area contributed by atoms with Crippen LogP contribution in [-0.2, 0) is 6.54 Å². The minimum Gasteiger partial charge on any atom is -0.351 e. The third kappa shape index (κ3) is 4.58. The SMILES string of the molecule is CCN(Cc1ccccc1)c1ccc(NC(=O)c2cccc(Cl)c2)nn1. The highest BCUT2D eigenvalue weighted by molar-refractivity contribution is 6.31. The van der Waals surface area contributed by atoms with Crippen LogP contribution in [0.1, 0.15) is 22.8 Å². The van der Waals surface area contributed by atoms with E-state index < -0.39 is 0 Å². The summed E-state index contributed by atoms with van der Waals surface area (Å²) in [6, 6.07) is 20.5. The summed E-state index contributed by atoms with van der Waals surface area (Å²) in [5.41, 5.74) is 1.68. The van der Waals surface area contributed by atoms with Crippen molar-refractivity contribution in [1.82, 2.24) is 10.2 Å². The molecule has 0 radical (unpaired) electrons. The van der Waals surface area contributed by atoms with Gasteiger partial charge in [-0.15, -0.1) is 10.2 Å². The van der Waals surface area contributed by atoms with Gasteiger partial charge in [0.1, 0.15) is 0 Å². The van der Waals surface area contributed by atoms with E-state index in [1.54, 1.807) is 30.3 Å². The van der Waals surface area contributed by atoms with Gasteiger partial charge in [0.25, 0.3) is 5.91 Å². The molecule has 0 aliphatic rings. The summed E-state index contributed by atoms with van der Waals surface area (Å²) >= 11 is 5.92. The lowest BCUT2D eigenvalue weighted by Gasteiger charge is -2.21. The predicted molar refractivity (Wildman–Crippen MR) is 105 cm³/mol. The Hall–Kier alpha value is -2.92. The minimum atomic E-state index is -0.272. The molecule has 1 amide bonds. The van der Waals surface area contributed by atoms with Crippen LogP contribution in [0.2, 0.25) is 5.02 Å². The molecule has 0 atom stereocenters. The van der Waals surface area contributed by atoms with Crippen molar-refractivity contribution < 1.29 is 4.79 Å². The van der Waals surface area contributed by atoms with E-state index in [1.807, 2.05) is 24.3 Å². The molecule has 132 valence electrons. The second-order valence-corrected chi connectivity index (χ2v) is 6.18. The van der Waals surface area contributed by atoms with Gasteiger partial charge in [0.2, 0.25) is 0 Å². The standard InChI is InChI=1S/C20H19ClN4O/c1-2-25(14-15-7-4-3-5-8-15)19-12-11-18(23-24-19)22-20(26)16-9-6-10-17(21)13-16/h3-13H,2,14H2,1H3,(H,22,23,26). The lowest BCUT2D eigenvalue weighted by molar-refractivity contribution is 0.102. The number of halogens is 1. The molecule has 3 aromatic rings. The van der Waals surface area contributed by atoms with Gasteiger partial charge in [0.05, 0.1) is 0 Å². The maximum absolute atomic E-state index is 12.2. The molecule has 0 bridgehead atoms. The summed E-state index contributed by atoms with van der Waals surface area (Å²) in [5, 5.41) is 11.6. The Balaban J connectivity index is 1.68. The number of carbonyl (C=O) groups is 1. The van der Waals surface area contributed by atoms with Gasteiger partial charge >= 0.3 is 0 Å². The molecule has 1 N–H and O–H groups in total. The monoisotopic (exact) mass is 366 g/mol. The van der Waals surface area contributed by atoms with Crippen LogP contribution in [0.5, 0.6) is 0 Å². The Bertz CT molecular complexity index is 868. The van der Waals surface area contributed by atoms with Crippen molar-refractivity contribution in [2.24, 2.45) is 0 Å². The van der Waals surface area contributed by atoms with Crippen LogP contribution in [0.15, 0.2) is 66.7 Å². The zero-order valence-electron chi connectivity index (χ0n) is 14.4. The number of aromatic nitrogens is 2. The highest BCUT2D eigenvalue weighted by Gasteiger charge is 2.10. The number of carbonyl (C=O) groups excluding carboxylic acids is 1. The van der Waals surface area contributed by atoms with Gasteiger partial charge in [0, 0.05) is 23.7 Å². The average molecular weight is 367 g/mol. The van der Waals surface area contributed by atoms with E-state index in [0.717, 1.165) is 18.9 Å². The third-order valence-electron chi connectivity index (χ3n) is 3.90. The number of hydrogen-bond donors (Lipinski definition) is 1. The van der Waals surface area contributed by atoms with Crippen molar-refractivity contribution in [3.05, 3.63) is 82.9 Å². The quantitative estimate of drug-likeness (QED) is 0.702. The van der Waals surface area contributed by atoms with Crippen molar-refractivity contribution in [3.8, 4) is 0 Å². The molecule has 0 aliphatic carbocycles. The number of amides is 1. The van der Waals surface area contributed by atoms with Gasteiger partial charge < -0.3 is 10.2 Å². The Kier molecular flexibility index (Phi) is 5.81. The fraction of sp³-hybridized carbons (Fsp3) is 0.150. The smallest absolute Gasteiger partial charge is 0.256 e. The molecule has 0 fully saturated rings. The molecule has 0 unspecified atom stereocenters. The molecule has 5 nitrogen and oxygen atoms in total. The fourth-order valence-corrected chi connectivity index (χ4v) is 2.73. The van der Waals surface area contributed by atoms with Gasteiger partial charge in [-0.05, 0) is 42.8 Å². The third-order valence-corrected chi connectivity index (χ3v) is 4.14. The molecule has 6 heteroatoms. The highest BCUT2D eigenvalue weighted by atomic mass is 35.5. The van der Waals surface area contributed by atoms with Crippen LogP contribution in [0.25, 0.3) is 0 Å². The van der Waals surface area contributed by atoms with Crippen LogP contribution < -0.4 is 10.2 Å². The molecule has 2 aromatic carbocycles. The number of nitrogens with one attached hydrogen (secondary N) is 1. The molecule has 1 aromatic heterocycles. The molecular formula is C20H19ClN4O. The topological polar surface area (TPSA) is 58.1 Å². The predicted octanol–water partition coefficient (Wildman–Crippen LogP) is 4.41. The van der Waals surface area contributed by atoms with Gasteiger partial charge in [-0.2, -0.15) is 0 Å². The first-order chi connectivity index (χ1) is 12.7. The molecule has 3 rings (SSSR count). The van der Waals surface area contributed by atoms with E-state index >= 15 is 0 Å². The zero-order chi connectivity index (χ0) is 18.4. The van der Waals surface area contributed by atoms with Crippen LogP contribution in [0, 0.1) is 0 Å². The largest absolute Gasteiger partial charge is 0.351 e. The Morgan fingerprint density at radius 2 is 1.85 bits per heavy atom. The fourth-order valence-electron chi connectivity index (χ4n) is 2.54. The molecule has 1 heterocycles. The number of rotatable bonds is 6. The summed E-state index contributed by atoms with van der Waals surface area (Å²) in [5.74, 6) is 0.887. The summed E-state index contributed by atoms with van der Waals surface area (Å²) in [4.78, 5) is 14.4. The zero-order valence-corrected chi connectivity index (χ0v) is 15.1. The van der Waals surface area contributed by atoms with E-state index in [9.17, 15) is 4.79 Å². The van der Waals surface area contributed by atoms with Crippen LogP contribution in [-0.4, -0.2) is 22.6 Å². The van der Waals surface area contributed by atoms with Gasteiger partial charge in [-0.3, -0.25) is 4.79 Å². The van der Waals surface area contributed by atoms with Gasteiger partial charge in [-0.1, -0.05) is 48.0 Å². The van der Waals surface area contributed by atoms with Crippen LogP contribution in [0.3, 0.4) is 0 Å². The Morgan fingerprint density at radius 1 is 1.04 bits per heavy atom. The maximum Gasteiger partial charge on any atom is 0.256 e. The molecule has 0 saturated carbocycles. The normalized spacial score (nSPS) is 10.4. The first kappa shape index (κ1) is 17.9. The van der Waals surface area contributed by atoms with E-state index in [-0.39, 0.29) is 5.91 Å². The van der Waals surface area contributed by atoms with Crippen molar-refractivity contribution in [3.63, 3.8) is 0 Å². The Labute approximate surface area is 157 Å². The van der Waals surface area contributed by atoms with Gasteiger partial charge in [-0.25, -0.2) is 0 Å². The molecule has 26 heavy (non-hydrogen) atoms. The average Bonchev–Trinajstić information content (AvgIpc) is 2.67. The molecular weight excluding hydrogens is 348 g/mol. The van der Waals surface area contributed by atoms with Crippen LogP contribution >= 0.6 is 11.6 Å². The minimum absolute atomic E-state index is 0.272. The Morgan fingerprint density at radius 3 is 2.50 bits per heavy atom. The first-order valence-electron chi connectivity index (χ1n) is 8.35. The van der Waals surface area contributed by atoms with E-state index in [4.69, 9.17) is 11.6 Å². The second-order valence-electron chi connectivity index (χ2n) is 5.74. The summed E-state index contributed by atoms with van der Waals surface area (Å²) < 4.78 is 0. The number of hydrogen-bond acceptors (Lipinski definition) is 4. The molecule has 0 aliphatic heterocycles. The van der Waals surface area contributed by atoms with Crippen molar-refractivity contribution in [2.45, 2.75) is 13.5 Å². The first-order valence-corrected chi connectivity index (χ1v) is 8.73. The highest BCUT2D eigenvalue weighted by Crippen LogP contribution is 2.16. The van der Waals surface area contributed by atoms with Crippen molar-refractivity contribution >= 4 is 29.1 Å². The van der Waals surface area contributed by atoms with Gasteiger partial charge in [0.15, 0.2) is 11.6 Å². The molecule has 0 spiro atoms. The summed E-state index contributed by atoms with van der Waals surface area (Å²) in [6.07, 6.45) is 0. The van der Waals surface area contributed by atoms with E-state index in [2.05, 4.69) is 39.5 Å². The second kappa shape index (κ2) is 8.45. The van der Waals surface area contributed by atoms with Crippen molar-refractivity contribution in [1.29, 1.82) is 0 Å². The number of nitrogens with zero attached hydrogens (tertiary/aromatic N) is 3. The maximum atomic E-state index is 12.2. The van der Waals surface area contributed by atoms with E-state index in [0.29, 0.717) is 16.4 Å². The van der Waals surface area contributed by atoms with Crippen molar-refractivity contribution in [2.75, 3.05) is 16.8 Å². The summed E-state index contributed by atoms with van der Waals surface area (Å²) in [7, 11) is 0.